The Labute approximate surface area is 168 Å². The molecule has 0 aliphatic rings. The van der Waals surface area contributed by atoms with Crippen LogP contribution in [0.25, 0.3) is 0 Å². The molecule has 0 saturated heterocycles. The van der Waals surface area contributed by atoms with E-state index in [2.05, 4.69) is 26.5 Å². The van der Waals surface area contributed by atoms with Crippen LogP contribution in [0, 0.1) is 0 Å². The van der Waals surface area contributed by atoms with Gasteiger partial charge in [0.1, 0.15) is 18.1 Å². The lowest BCUT2D eigenvalue weighted by Crippen LogP contribution is -2.06. The van der Waals surface area contributed by atoms with Crippen LogP contribution >= 0.6 is 15.9 Å². The summed E-state index contributed by atoms with van der Waals surface area (Å²) in [6.45, 7) is 1.15. The van der Waals surface area contributed by atoms with Crippen molar-refractivity contribution < 1.29 is 9.47 Å². The van der Waals surface area contributed by atoms with Crippen molar-refractivity contribution in [1.29, 1.82) is 0 Å². The van der Waals surface area contributed by atoms with E-state index in [1.807, 2.05) is 72.8 Å². The second kappa shape index (κ2) is 9.78. The molecule has 0 saturated carbocycles. The van der Waals surface area contributed by atoms with E-state index in [4.69, 9.17) is 9.47 Å². The Morgan fingerprint density at radius 3 is 2.44 bits per heavy atom. The number of halogens is 1. The molecule has 5 heteroatoms. The molecule has 0 aliphatic heterocycles. The van der Waals surface area contributed by atoms with Crippen LogP contribution in [0.3, 0.4) is 0 Å². The van der Waals surface area contributed by atoms with Gasteiger partial charge in [0.15, 0.2) is 0 Å². The summed E-state index contributed by atoms with van der Waals surface area (Å²) in [6, 6.07) is 23.8. The largest absolute Gasteiger partial charge is 0.496 e. The van der Waals surface area contributed by atoms with Crippen LogP contribution in [-0.4, -0.2) is 13.3 Å². The number of hydrogen-bond acceptors (Lipinski definition) is 4. The van der Waals surface area contributed by atoms with E-state index in [0.717, 1.165) is 32.7 Å². The number of rotatable bonds is 8. The van der Waals surface area contributed by atoms with Gasteiger partial charge in [-0.25, -0.2) is 0 Å². The summed E-state index contributed by atoms with van der Waals surface area (Å²) >= 11 is 3.43. The molecule has 0 unspecified atom stereocenters. The van der Waals surface area contributed by atoms with Gasteiger partial charge in [-0.2, -0.15) is 5.10 Å². The van der Waals surface area contributed by atoms with Gasteiger partial charge in [-0.05, 0) is 53.6 Å². The molecular weight excluding hydrogens is 404 g/mol. The van der Waals surface area contributed by atoms with Crippen molar-refractivity contribution in [3.63, 3.8) is 0 Å². The molecular formula is C22H21BrN2O2. The van der Waals surface area contributed by atoms with Crippen LogP contribution in [0.5, 0.6) is 11.5 Å². The van der Waals surface area contributed by atoms with E-state index >= 15 is 0 Å². The molecule has 3 aromatic rings. The van der Waals surface area contributed by atoms with E-state index < -0.39 is 0 Å². The molecule has 4 nitrogen and oxygen atoms in total. The van der Waals surface area contributed by atoms with Crippen molar-refractivity contribution in [2.45, 2.75) is 13.2 Å². The third kappa shape index (κ3) is 5.86. The molecule has 0 heterocycles. The zero-order chi connectivity index (χ0) is 18.9. The fraction of sp³-hybridized carbons (Fsp3) is 0.136. The smallest absolute Gasteiger partial charge is 0.123 e. The molecule has 0 bridgehead atoms. The van der Waals surface area contributed by atoms with E-state index in [9.17, 15) is 0 Å². The lowest BCUT2D eigenvalue weighted by molar-refractivity contribution is 0.306. The number of nitrogens with zero attached hydrogens (tertiary/aromatic N) is 1. The molecule has 0 atom stereocenters. The number of benzene rings is 3. The van der Waals surface area contributed by atoms with Gasteiger partial charge in [-0.15, -0.1) is 0 Å². The molecule has 0 aromatic heterocycles. The summed E-state index contributed by atoms with van der Waals surface area (Å²) in [5.74, 6) is 1.68. The van der Waals surface area contributed by atoms with Crippen LogP contribution in [0.15, 0.2) is 82.4 Å². The summed E-state index contributed by atoms with van der Waals surface area (Å²) in [4.78, 5) is 0. The monoisotopic (exact) mass is 424 g/mol. The molecule has 3 aromatic carbocycles. The molecule has 0 spiro atoms. The first kappa shape index (κ1) is 19.0. The summed E-state index contributed by atoms with van der Waals surface area (Å²) < 4.78 is 12.2. The number of hydrazone groups is 1. The number of nitrogens with one attached hydrogen (secondary N) is 1. The minimum Gasteiger partial charge on any atom is -0.496 e. The molecule has 0 fully saturated rings. The Bertz CT molecular complexity index is 878. The average Bonchev–Trinajstić information content (AvgIpc) is 2.72. The SMILES string of the molecule is COc1ccccc1CN/N=C\c1ccc(OCc2ccc(Br)cc2)cc1. The Hall–Kier alpha value is -2.79. The van der Waals surface area contributed by atoms with Crippen molar-refractivity contribution in [2.75, 3.05) is 7.11 Å². The van der Waals surface area contributed by atoms with Gasteiger partial charge in [0, 0.05) is 10.0 Å². The third-order valence-corrected chi connectivity index (χ3v) is 4.49. The van der Waals surface area contributed by atoms with Crippen LogP contribution < -0.4 is 14.9 Å². The van der Waals surface area contributed by atoms with Crippen molar-refractivity contribution >= 4 is 22.1 Å². The topological polar surface area (TPSA) is 42.8 Å². The quantitative estimate of drug-likeness (QED) is 0.401. The third-order valence-electron chi connectivity index (χ3n) is 3.97. The Morgan fingerprint density at radius 1 is 0.963 bits per heavy atom. The minimum absolute atomic E-state index is 0.543. The molecule has 0 radical (unpaired) electrons. The Kier molecular flexibility index (Phi) is 6.88. The van der Waals surface area contributed by atoms with Crippen molar-refractivity contribution in [2.24, 2.45) is 5.10 Å². The van der Waals surface area contributed by atoms with Crippen molar-refractivity contribution in [1.82, 2.24) is 5.43 Å². The first-order valence-electron chi connectivity index (χ1n) is 8.60. The molecule has 138 valence electrons. The summed E-state index contributed by atoms with van der Waals surface area (Å²) in [6.07, 6.45) is 1.79. The second-order valence-corrected chi connectivity index (χ2v) is 6.80. The zero-order valence-corrected chi connectivity index (χ0v) is 16.6. The maximum Gasteiger partial charge on any atom is 0.123 e. The standard InChI is InChI=1S/C22H21BrN2O2/c1-26-22-5-3-2-4-19(22)15-25-24-14-17-8-12-21(13-9-17)27-16-18-6-10-20(23)11-7-18/h2-14,25H,15-16H2,1H3/b24-14-. The van der Waals surface area contributed by atoms with E-state index in [0.29, 0.717) is 13.2 Å². The molecule has 0 amide bonds. The van der Waals surface area contributed by atoms with Crippen molar-refractivity contribution in [3.05, 3.63) is 94.0 Å². The van der Waals surface area contributed by atoms with E-state index in [-0.39, 0.29) is 0 Å². The fourth-order valence-corrected chi connectivity index (χ4v) is 2.76. The summed E-state index contributed by atoms with van der Waals surface area (Å²) in [5.41, 5.74) is 6.24. The highest BCUT2D eigenvalue weighted by atomic mass is 79.9. The molecule has 27 heavy (non-hydrogen) atoms. The second-order valence-electron chi connectivity index (χ2n) is 5.89. The van der Waals surface area contributed by atoms with Gasteiger partial charge in [-0.3, -0.25) is 0 Å². The van der Waals surface area contributed by atoms with Crippen LogP contribution in [0.2, 0.25) is 0 Å². The highest BCUT2D eigenvalue weighted by molar-refractivity contribution is 9.10. The predicted octanol–water partition coefficient (Wildman–Crippen LogP) is 5.16. The minimum atomic E-state index is 0.543. The van der Waals surface area contributed by atoms with Crippen LogP contribution in [0.4, 0.5) is 0 Å². The van der Waals surface area contributed by atoms with Gasteiger partial charge >= 0.3 is 0 Å². The Balaban J connectivity index is 1.48. The molecule has 1 N–H and O–H groups in total. The highest BCUT2D eigenvalue weighted by Gasteiger charge is 2.00. The number of ether oxygens (including phenoxy) is 2. The van der Waals surface area contributed by atoms with Gasteiger partial charge < -0.3 is 14.9 Å². The van der Waals surface area contributed by atoms with Gasteiger partial charge in [0.2, 0.25) is 0 Å². The van der Waals surface area contributed by atoms with Crippen molar-refractivity contribution in [3.8, 4) is 11.5 Å². The number of hydrogen-bond donors (Lipinski definition) is 1. The lowest BCUT2D eigenvalue weighted by atomic mass is 10.2. The van der Waals surface area contributed by atoms with E-state index in [1.165, 1.54) is 0 Å². The zero-order valence-electron chi connectivity index (χ0n) is 15.1. The van der Waals surface area contributed by atoms with E-state index in [1.54, 1.807) is 13.3 Å². The first-order chi connectivity index (χ1) is 13.2. The first-order valence-corrected chi connectivity index (χ1v) is 9.39. The number of para-hydroxylation sites is 1. The van der Waals surface area contributed by atoms with Gasteiger partial charge in [0.05, 0.1) is 19.9 Å². The predicted molar refractivity (Wildman–Crippen MR) is 112 cm³/mol. The van der Waals surface area contributed by atoms with Gasteiger partial charge in [-0.1, -0.05) is 46.3 Å². The summed E-state index contributed by atoms with van der Waals surface area (Å²) in [5, 5.41) is 4.27. The van der Waals surface area contributed by atoms with Crippen LogP contribution in [-0.2, 0) is 13.2 Å². The Morgan fingerprint density at radius 2 is 1.70 bits per heavy atom. The molecule has 0 aliphatic carbocycles. The maximum atomic E-state index is 5.81. The lowest BCUT2D eigenvalue weighted by Gasteiger charge is -2.07. The normalized spacial score (nSPS) is 10.7. The maximum absolute atomic E-state index is 5.81. The van der Waals surface area contributed by atoms with Gasteiger partial charge in [0.25, 0.3) is 0 Å². The van der Waals surface area contributed by atoms with Crippen LogP contribution in [0.1, 0.15) is 16.7 Å². The molecule has 3 rings (SSSR count). The highest BCUT2D eigenvalue weighted by Crippen LogP contribution is 2.17. The summed E-state index contributed by atoms with van der Waals surface area (Å²) in [7, 11) is 1.67. The fourth-order valence-electron chi connectivity index (χ4n) is 2.50. The number of methoxy groups -OCH3 is 1. The average molecular weight is 425 g/mol.